The number of esters is 1. The third-order valence-electron chi connectivity index (χ3n) is 5.02. The van der Waals surface area contributed by atoms with Gasteiger partial charge < -0.3 is 19.1 Å². The molecule has 0 radical (unpaired) electrons. The number of benzene rings is 2. The molecule has 0 spiro atoms. The molecule has 0 aliphatic rings. The maximum Gasteiger partial charge on any atom is 0.334 e. The number of nitrogens with zero attached hydrogens (tertiary/aromatic N) is 1. The van der Waals surface area contributed by atoms with Gasteiger partial charge in [0.2, 0.25) is 5.91 Å². The first-order valence-electron chi connectivity index (χ1n) is 10.1. The van der Waals surface area contributed by atoms with Crippen LogP contribution in [0.3, 0.4) is 0 Å². The number of hydrogen-bond acceptors (Lipinski definition) is 6. The molecule has 0 unspecified atom stereocenters. The van der Waals surface area contributed by atoms with Crippen molar-refractivity contribution in [1.82, 2.24) is 4.90 Å². The minimum absolute atomic E-state index is 0.0475. The van der Waals surface area contributed by atoms with E-state index in [-0.39, 0.29) is 32.0 Å². The van der Waals surface area contributed by atoms with Crippen LogP contribution in [0.25, 0.3) is 0 Å². The van der Waals surface area contributed by atoms with E-state index >= 15 is 0 Å². The highest BCUT2D eigenvalue weighted by atomic mass is 16.5. The molecule has 0 bridgehead atoms. The highest BCUT2D eigenvalue weighted by Crippen LogP contribution is 2.27. The molecule has 1 amide bonds. The van der Waals surface area contributed by atoms with Crippen molar-refractivity contribution in [3.05, 3.63) is 78.4 Å². The number of carbonyl (C=O) groups excluding carboxylic acids is 3. The molecule has 0 saturated heterocycles. The van der Waals surface area contributed by atoms with Crippen molar-refractivity contribution in [3.63, 3.8) is 0 Å². The number of ether oxygens (including phenoxy) is 3. The number of methoxy groups -OCH3 is 2. The molecular weight excluding hydrogens is 410 g/mol. The predicted molar refractivity (Wildman–Crippen MR) is 120 cm³/mol. The second-order valence-electron chi connectivity index (χ2n) is 7.36. The molecule has 2 rings (SSSR count). The van der Waals surface area contributed by atoms with Gasteiger partial charge in [-0.05, 0) is 36.3 Å². The molecule has 32 heavy (non-hydrogen) atoms. The second-order valence-corrected chi connectivity index (χ2v) is 7.36. The van der Waals surface area contributed by atoms with Crippen LogP contribution in [0, 0.1) is 0 Å². The van der Waals surface area contributed by atoms with Crippen molar-refractivity contribution in [2.75, 3.05) is 20.8 Å². The number of amides is 1. The highest BCUT2D eigenvalue weighted by molar-refractivity contribution is 5.96. The Labute approximate surface area is 188 Å². The van der Waals surface area contributed by atoms with Gasteiger partial charge in [-0.2, -0.15) is 0 Å². The van der Waals surface area contributed by atoms with Crippen LogP contribution in [-0.2, 0) is 37.0 Å². The molecule has 2 aromatic carbocycles. The van der Waals surface area contributed by atoms with E-state index in [1.165, 1.54) is 18.9 Å². The summed E-state index contributed by atoms with van der Waals surface area (Å²) in [5.74, 6) is -0.875. The molecule has 0 aliphatic carbocycles. The van der Waals surface area contributed by atoms with Crippen molar-refractivity contribution in [3.8, 4) is 5.75 Å². The lowest BCUT2D eigenvalue weighted by atomic mass is 9.90. The van der Waals surface area contributed by atoms with Crippen LogP contribution in [0.4, 0.5) is 0 Å². The van der Waals surface area contributed by atoms with Crippen molar-refractivity contribution in [1.29, 1.82) is 0 Å². The average Bonchev–Trinajstić information content (AvgIpc) is 2.81. The molecule has 7 nitrogen and oxygen atoms in total. The number of ketones is 1. The summed E-state index contributed by atoms with van der Waals surface area (Å²) in [4.78, 5) is 39.5. The molecule has 0 aromatic heterocycles. The second kappa shape index (κ2) is 11.8. The molecule has 170 valence electrons. The summed E-state index contributed by atoms with van der Waals surface area (Å²) in [6.07, 6.45) is 0.850. The maximum atomic E-state index is 13.1. The Bertz CT molecular complexity index is 925. The fraction of sp³-hybridized carbons (Fsp3) is 0.320. The Hall–Kier alpha value is -3.45. The Morgan fingerprint density at radius 2 is 1.66 bits per heavy atom. The van der Waals surface area contributed by atoms with E-state index in [0.717, 1.165) is 17.2 Å². The summed E-state index contributed by atoms with van der Waals surface area (Å²) in [5.41, 5.74) is -0.0210. The summed E-state index contributed by atoms with van der Waals surface area (Å²) in [6, 6.07) is 16.5. The van der Waals surface area contributed by atoms with Gasteiger partial charge in [0.05, 0.1) is 27.4 Å². The van der Waals surface area contributed by atoms with Crippen molar-refractivity contribution in [2.24, 2.45) is 0 Å². The zero-order chi connectivity index (χ0) is 23.6. The third-order valence-corrected chi connectivity index (χ3v) is 5.02. The van der Waals surface area contributed by atoms with Gasteiger partial charge in [-0.25, -0.2) is 4.79 Å². The predicted octanol–water partition coefficient (Wildman–Crippen LogP) is 3.32. The van der Waals surface area contributed by atoms with E-state index in [1.807, 2.05) is 30.3 Å². The van der Waals surface area contributed by atoms with Crippen molar-refractivity contribution >= 4 is 17.7 Å². The van der Waals surface area contributed by atoms with Crippen molar-refractivity contribution < 1.29 is 28.6 Å². The fourth-order valence-corrected chi connectivity index (χ4v) is 3.44. The lowest BCUT2D eigenvalue weighted by Gasteiger charge is -2.40. The van der Waals surface area contributed by atoms with Gasteiger partial charge in [-0.1, -0.05) is 49.0 Å². The Balaban J connectivity index is 2.43. The molecule has 0 aliphatic heterocycles. The molecule has 0 heterocycles. The van der Waals surface area contributed by atoms with Crippen LogP contribution in [0.1, 0.15) is 24.5 Å². The van der Waals surface area contributed by atoms with Gasteiger partial charge in [0.1, 0.15) is 11.5 Å². The van der Waals surface area contributed by atoms with Crippen LogP contribution in [0.2, 0.25) is 0 Å². The van der Waals surface area contributed by atoms with Gasteiger partial charge in [0, 0.05) is 13.0 Å². The first-order chi connectivity index (χ1) is 15.4. The zero-order valence-electron chi connectivity index (χ0n) is 18.7. The van der Waals surface area contributed by atoms with E-state index in [4.69, 9.17) is 14.2 Å². The largest absolute Gasteiger partial charge is 0.497 e. The standard InChI is InChI=1S/C25H29NO6/c1-5-23(28)26(16-20-11-13-22(30-3)14-12-20)25(15-19(2)27,24(29)31-4)18-32-17-21-9-7-6-8-10-21/h5-14H,1,15-18H2,2-4H3/t25-/m0/s1. The summed E-state index contributed by atoms with van der Waals surface area (Å²) in [7, 11) is 2.78. The summed E-state index contributed by atoms with van der Waals surface area (Å²) in [5, 5.41) is 0. The Kier molecular flexibility index (Phi) is 9.16. The molecule has 7 heteroatoms. The van der Waals surface area contributed by atoms with E-state index in [9.17, 15) is 14.4 Å². The molecular formula is C25H29NO6. The minimum atomic E-state index is -1.65. The Morgan fingerprint density at radius 1 is 1.00 bits per heavy atom. The van der Waals surface area contributed by atoms with Crippen LogP contribution in [-0.4, -0.2) is 48.9 Å². The summed E-state index contributed by atoms with van der Waals surface area (Å²) in [6.45, 7) is 4.96. The number of carbonyl (C=O) groups is 3. The smallest absolute Gasteiger partial charge is 0.334 e. The van der Waals surface area contributed by atoms with Gasteiger partial charge in [-0.15, -0.1) is 0 Å². The minimum Gasteiger partial charge on any atom is -0.497 e. The monoisotopic (exact) mass is 439 g/mol. The quantitative estimate of drug-likeness (QED) is 0.373. The van der Waals surface area contributed by atoms with Crippen molar-refractivity contribution in [2.45, 2.75) is 32.0 Å². The van der Waals surface area contributed by atoms with Crippen LogP contribution < -0.4 is 4.74 Å². The highest BCUT2D eigenvalue weighted by Gasteiger charge is 2.48. The number of rotatable bonds is 12. The third kappa shape index (κ3) is 6.28. The SMILES string of the molecule is C=CC(=O)N(Cc1ccc(OC)cc1)[C@](COCc1ccccc1)(CC(C)=O)C(=O)OC. The van der Waals surface area contributed by atoms with E-state index in [0.29, 0.717) is 5.75 Å². The molecule has 2 aromatic rings. The topological polar surface area (TPSA) is 82.1 Å². The van der Waals surface area contributed by atoms with Gasteiger partial charge in [0.25, 0.3) is 0 Å². The van der Waals surface area contributed by atoms with Crippen LogP contribution in [0.15, 0.2) is 67.3 Å². The maximum absolute atomic E-state index is 13.1. The Morgan fingerprint density at radius 3 is 2.19 bits per heavy atom. The fourth-order valence-electron chi connectivity index (χ4n) is 3.44. The normalized spacial score (nSPS) is 12.3. The number of Topliss-reactive ketones (excluding diaryl/α,β-unsaturated/α-hetero) is 1. The summed E-state index contributed by atoms with van der Waals surface area (Å²) >= 11 is 0. The lowest BCUT2D eigenvalue weighted by molar-refractivity contribution is -0.168. The molecule has 1 atom stereocenters. The lowest BCUT2D eigenvalue weighted by Crippen LogP contribution is -2.60. The van der Waals surface area contributed by atoms with E-state index in [2.05, 4.69) is 6.58 Å². The zero-order valence-corrected chi connectivity index (χ0v) is 18.7. The molecule has 0 saturated carbocycles. The van der Waals surface area contributed by atoms with Crippen LogP contribution in [0.5, 0.6) is 5.75 Å². The van der Waals surface area contributed by atoms with Crippen LogP contribution >= 0.6 is 0 Å². The first kappa shape index (κ1) is 24.8. The van der Waals surface area contributed by atoms with Gasteiger partial charge in [0.15, 0.2) is 5.54 Å². The first-order valence-corrected chi connectivity index (χ1v) is 10.1. The van der Waals surface area contributed by atoms with E-state index in [1.54, 1.807) is 31.4 Å². The van der Waals surface area contributed by atoms with E-state index < -0.39 is 17.4 Å². The molecule has 0 fully saturated rings. The molecule has 0 N–H and O–H groups in total. The van der Waals surface area contributed by atoms with Gasteiger partial charge >= 0.3 is 5.97 Å². The van der Waals surface area contributed by atoms with Gasteiger partial charge in [-0.3, -0.25) is 9.59 Å². The number of hydrogen-bond donors (Lipinski definition) is 0. The average molecular weight is 440 g/mol. The summed E-state index contributed by atoms with van der Waals surface area (Å²) < 4.78 is 16.1.